The first kappa shape index (κ1) is 12.6. The first-order valence-electron chi connectivity index (χ1n) is 4.26. The average molecular weight is 179 g/mol. The summed E-state index contributed by atoms with van der Waals surface area (Å²) in [6.45, 7) is 6.36. The molecule has 0 rings (SSSR count). The second-order valence-electron chi connectivity index (χ2n) is 4.10. The summed E-state index contributed by atoms with van der Waals surface area (Å²) in [5.74, 6) is -1.81. The SMILES string of the molecule is [B]C(CCN([B])C(C)(C)C)C(=O)O. The average Bonchev–Trinajstić information content (AvgIpc) is 1.97. The van der Waals surface area contributed by atoms with Crippen molar-refractivity contribution >= 4 is 21.8 Å². The van der Waals surface area contributed by atoms with Gasteiger partial charge >= 0.3 is 0 Å². The maximum atomic E-state index is 10.4. The van der Waals surface area contributed by atoms with E-state index in [0.29, 0.717) is 13.0 Å². The molecule has 0 aromatic rings. The van der Waals surface area contributed by atoms with Crippen LogP contribution in [0.4, 0.5) is 0 Å². The number of aliphatic carboxylic acids is 1. The quantitative estimate of drug-likeness (QED) is 0.642. The minimum atomic E-state index is -0.984. The number of carboxylic acid groups (broad SMARTS) is 1. The van der Waals surface area contributed by atoms with E-state index in [1.807, 2.05) is 20.8 Å². The Balaban J connectivity index is 3.83. The van der Waals surface area contributed by atoms with Gasteiger partial charge in [-0.1, -0.05) is 0 Å². The van der Waals surface area contributed by atoms with Gasteiger partial charge in [0, 0.05) is 11.4 Å². The summed E-state index contributed by atoms with van der Waals surface area (Å²) in [7, 11) is 11.0. The van der Waals surface area contributed by atoms with E-state index in [9.17, 15) is 4.79 Å². The molecule has 1 atom stereocenters. The Morgan fingerprint density at radius 1 is 1.54 bits per heavy atom. The fourth-order valence-corrected chi connectivity index (χ4v) is 0.737. The fraction of sp³-hybridized carbons (Fsp3) is 0.875. The van der Waals surface area contributed by atoms with Gasteiger partial charge in [0.15, 0.2) is 7.98 Å². The van der Waals surface area contributed by atoms with Gasteiger partial charge in [0.05, 0.1) is 7.85 Å². The van der Waals surface area contributed by atoms with Gasteiger partial charge in [-0.25, -0.2) is 0 Å². The summed E-state index contributed by atoms with van der Waals surface area (Å²) in [4.78, 5) is 12.0. The third-order valence-electron chi connectivity index (χ3n) is 1.86. The number of carbonyl (C=O) groups is 1. The van der Waals surface area contributed by atoms with E-state index >= 15 is 0 Å². The van der Waals surface area contributed by atoms with E-state index < -0.39 is 11.8 Å². The van der Waals surface area contributed by atoms with Gasteiger partial charge in [0.25, 0.3) is 5.97 Å². The predicted molar refractivity (Wildman–Crippen MR) is 54.0 cm³/mol. The Bertz CT molecular complexity index is 179. The Kier molecular flexibility index (Phi) is 4.54. The van der Waals surface area contributed by atoms with Crippen LogP contribution in [-0.4, -0.2) is 43.8 Å². The highest BCUT2D eigenvalue weighted by Gasteiger charge is 2.18. The number of hydrogen-bond donors (Lipinski definition) is 1. The minimum absolute atomic E-state index is 0.155. The van der Waals surface area contributed by atoms with E-state index in [0.717, 1.165) is 0 Å². The third-order valence-corrected chi connectivity index (χ3v) is 1.86. The summed E-state index contributed by atoms with van der Waals surface area (Å²) in [6.07, 6.45) is 0.364. The summed E-state index contributed by atoms with van der Waals surface area (Å²) >= 11 is 0. The lowest BCUT2D eigenvalue weighted by molar-refractivity contribution is -0.137. The molecular weight excluding hydrogens is 164 g/mol. The lowest BCUT2D eigenvalue weighted by atomic mass is 9.84. The fourth-order valence-electron chi connectivity index (χ4n) is 0.737. The van der Waals surface area contributed by atoms with Crippen LogP contribution >= 0.6 is 0 Å². The Hall–Kier alpha value is -0.440. The number of carboxylic acids is 1. The second kappa shape index (κ2) is 4.70. The van der Waals surface area contributed by atoms with E-state index in [-0.39, 0.29) is 5.54 Å². The van der Waals surface area contributed by atoms with Crippen LogP contribution in [0.15, 0.2) is 0 Å². The molecule has 5 heteroatoms. The third kappa shape index (κ3) is 4.98. The van der Waals surface area contributed by atoms with Crippen molar-refractivity contribution in [1.82, 2.24) is 4.81 Å². The van der Waals surface area contributed by atoms with Crippen LogP contribution in [-0.2, 0) is 4.79 Å². The molecule has 1 N–H and O–H groups in total. The van der Waals surface area contributed by atoms with Crippen molar-refractivity contribution in [3.8, 4) is 0 Å². The summed E-state index contributed by atoms with van der Waals surface area (Å²) < 4.78 is 0. The van der Waals surface area contributed by atoms with E-state index in [2.05, 4.69) is 0 Å². The van der Waals surface area contributed by atoms with Crippen molar-refractivity contribution in [2.45, 2.75) is 38.5 Å². The zero-order chi connectivity index (χ0) is 10.6. The minimum Gasteiger partial charge on any atom is -0.482 e. The van der Waals surface area contributed by atoms with Crippen LogP contribution in [0.2, 0.25) is 5.82 Å². The van der Waals surface area contributed by atoms with E-state index in [4.69, 9.17) is 20.9 Å². The van der Waals surface area contributed by atoms with Crippen molar-refractivity contribution in [3.05, 3.63) is 0 Å². The zero-order valence-electron chi connectivity index (χ0n) is 8.45. The van der Waals surface area contributed by atoms with Crippen molar-refractivity contribution < 1.29 is 9.90 Å². The molecule has 0 bridgehead atoms. The molecule has 4 radical (unpaired) electrons. The van der Waals surface area contributed by atoms with E-state index in [1.165, 1.54) is 0 Å². The normalized spacial score (nSPS) is 14.5. The van der Waals surface area contributed by atoms with Gasteiger partial charge < -0.3 is 9.92 Å². The highest BCUT2D eigenvalue weighted by Crippen LogP contribution is 2.13. The Morgan fingerprint density at radius 3 is 2.31 bits per heavy atom. The molecule has 0 aromatic heterocycles. The summed E-state index contributed by atoms with van der Waals surface area (Å²) in [5, 5.41) is 8.51. The van der Waals surface area contributed by atoms with Crippen LogP contribution in [0.1, 0.15) is 27.2 Å². The Morgan fingerprint density at radius 2 is 2.00 bits per heavy atom. The standard InChI is InChI=1S/C8H15B2NO2/c1-8(2,3)11(10)5-4-6(9)7(12)13/h6H,4-5H2,1-3H3,(H,12,13). The van der Waals surface area contributed by atoms with Crippen molar-refractivity contribution in [1.29, 1.82) is 0 Å². The van der Waals surface area contributed by atoms with Gasteiger partial charge in [0.1, 0.15) is 0 Å². The van der Waals surface area contributed by atoms with Gasteiger partial charge in [-0.2, -0.15) is 0 Å². The smallest absolute Gasteiger partial charge is 0.297 e. The lowest BCUT2D eigenvalue weighted by Crippen LogP contribution is -2.40. The van der Waals surface area contributed by atoms with E-state index in [1.54, 1.807) is 4.81 Å². The van der Waals surface area contributed by atoms with Gasteiger partial charge in [-0.15, -0.1) is 0 Å². The molecule has 0 aromatic carbocycles. The maximum Gasteiger partial charge on any atom is 0.297 e. The number of hydrogen-bond acceptors (Lipinski definition) is 2. The molecule has 0 heterocycles. The lowest BCUT2D eigenvalue weighted by Gasteiger charge is -2.33. The molecule has 3 nitrogen and oxygen atoms in total. The number of nitrogens with zero attached hydrogens (tertiary/aromatic N) is 1. The monoisotopic (exact) mass is 179 g/mol. The van der Waals surface area contributed by atoms with Crippen molar-refractivity contribution in [2.24, 2.45) is 0 Å². The van der Waals surface area contributed by atoms with Crippen LogP contribution in [0.5, 0.6) is 0 Å². The molecule has 0 aliphatic rings. The van der Waals surface area contributed by atoms with Crippen LogP contribution in [0.3, 0.4) is 0 Å². The molecule has 13 heavy (non-hydrogen) atoms. The molecule has 1 unspecified atom stereocenters. The first-order chi connectivity index (χ1) is 5.75. The van der Waals surface area contributed by atoms with Crippen LogP contribution in [0, 0.1) is 0 Å². The van der Waals surface area contributed by atoms with Crippen LogP contribution in [0.25, 0.3) is 0 Å². The van der Waals surface area contributed by atoms with Crippen molar-refractivity contribution in [2.75, 3.05) is 6.54 Å². The molecule has 0 fully saturated rings. The zero-order valence-corrected chi connectivity index (χ0v) is 8.45. The molecule has 0 aliphatic carbocycles. The Labute approximate surface area is 82.3 Å². The van der Waals surface area contributed by atoms with Gasteiger partial charge in [-0.3, -0.25) is 4.79 Å². The largest absolute Gasteiger partial charge is 0.482 e. The molecule has 0 spiro atoms. The molecular formula is C8H15B2NO2. The topological polar surface area (TPSA) is 40.5 Å². The summed E-state index contributed by atoms with van der Waals surface area (Å²) in [5.41, 5.74) is -0.155. The highest BCUT2D eigenvalue weighted by atomic mass is 16.4. The first-order valence-corrected chi connectivity index (χ1v) is 4.26. The summed E-state index contributed by atoms with van der Waals surface area (Å²) in [6, 6.07) is 0. The molecule has 0 amide bonds. The molecule has 70 valence electrons. The predicted octanol–water partition coefficient (Wildman–Crippen LogP) is 0.602. The highest BCUT2D eigenvalue weighted by molar-refractivity contribution is 6.22. The second-order valence-corrected chi connectivity index (χ2v) is 4.10. The number of rotatable bonds is 4. The van der Waals surface area contributed by atoms with Gasteiger partial charge in [0.2, 0.25) is 0 Å². The molecule has 0 aliphatic heterocycles. The van der Waals surface area contributed by atoms with Gasteiger partial charge in [-0.05, 0) is 33.7 Å². The van der Waals surface area contributed by atoms with Crippen molar-refractivity contribution in [3.63, 3.8) is 0 Å². The molecule has 0 saturated heterocycles. The molecule has 0 saturated carbocycles. The maximum absolute atomic E-state index is 10.4. The van der Waals surface area contributed by atoms with Crippen LogP contribution < -0.4 is 0 Å².